The van der Waals surface area contributed by atoms with Crippen LogP contribution in [0.3, 0.4) is 0 Å². The van der Waals surface area contributed by atoms with Crippen LogP contribution in [0.1, 0.15) is 31.9 Å². The lowest BCUT2D eigenvalue weighted by Gasteiger charge is -2.22. The summed E-state index contributed by atoms with van der Waals surface area (Å²) in [5.41, 5.74) is 1.32. The fraction of sp³-hybridized carbons (Fsp3) is 0.294. The van der Waals surface area contributed by atoms with Gasteiger partial charge in [-0.1, -0.05) is 48.8 Å². The number of phenols is 1. The molecule has 2 aromatic rings. The van der Waals surface area contributed by atoms with Crippen molar-refractivity contribution in [1.29, 1.82) is 0 Å². The molecule has 0 spiro atoms. The quantitative estimate of drug-likeness (QED) is 0.703. The highest BCUT2D eigenvalue weighted by molar-refractivity contribution is 9.08. The maximum absolute atomic E-state index is 14.0. The zero-order valence-corrected chi connectivity index (χ0v) is 13.8. The molecule has 0 radical (unpaired) electrons. The molecule has 2 rings (SSSR count). The first-order valence-corrected chi connectivity index (χ1v) is 7.74. The molecule has 0 aliphatic rings. The Bertz CT molecular complexity index is 655. The molecule has 0 aliphatic carbocycles. The standard InChI is InChI=1S/C17H17BrF2O/c1-17(2,3)11-7-10(9-18)16(21)12(8-11)15-13(19)5-4-6-14(15)20/h4-8,21H,9H2,1-3H3. The summed E-state index contributed by atoms with van der Waals surface area (Å²) in [5, 5.41) is 10.7. The minimum Gasteiger partial charge on any atom is -0.507 e. The number of phenolic OH excluding ortho intramolecular Hbond substituents is 1. The molecule has 4 heteroatoms. The van der Waals surface area contributed by atoms with Crippen LogP contribution in [-0.4, -0.2) is 5.11 Å². The molecule has 1 N–H and O–H groups in total. The Morgan fingerprint density at radius 2 is 1.67 bits per heavy atom. The molecule has 0 aliphatic heterocycles. The van der Waals surface area contributed by atoms with Gasteiger partial charge in [-0.2, -0.15) is 0 Å². The van der Waals surface area contributed by atoms with Gasteiger partial charge in [-0.05, 0) is 29.2 Å². The van der Waals surface area contributed by atoms with Gasteiger partial charge in [0, 0.05) is 16.5 Å². The van der Waals surface area contributed by atoms with Gasteiger partial charge in [-0.25, -0.2) is 8.78 Å². The summed E-state index contributed by atoms with van der Waals surface area (Å²) in [6, 6.07) is 7.20. The van der Waals surface area contributed by atoms with E-state index in [9.17, 15) is 13.9 Å². The lowest BCUT2D eigenvalue weighted by atomic mass is 9.84. The highest BCUT2D eigenvalue weighted by atomic mass is 79.9. The summed E-state index contributed by atoms with van der Waals surface area (Å²) >= 11 is 3.31. The maximum Gasteiger partial charge on any atom is 0.134 e. The van der Waals surface area contributed by atoms with Gasteiger partial charge >= 0.3 is 0 Å². The third-order valence-corrected chi connectivity index (χ3v) is 4.04. The Morgan fingerprint density at radius 3 is 2.14 bits per heavy atom. The monoisotopic (exact) mass is 354 g/mol. The fourth-order valence-electron chi connectivity index (χ4n) is 2.18. The first kappa shape index (κ1) is 16.0. The maximum atomic E-state index is 14.0. The largest absolute Gasteiger partial charge is 0.507 e. The van der Waals surface area contributed by atoms with Crippen molar-refractivity contribution >= 4 is 15.9 Å². The number of aromatic hydroxyl groups is 1. The summed E-state index contributed by atoms with van der Waals surface area (Å²) in [4.78, 5) is 0. The van der Waals surface area contributed by atoms with Crippen molar-refractivity contribution in [3.05, 3.63) is 53.1 Å². The summed E-state index contributed by atoms with van der Waals surface area (Å²) in [5.74, 6) is -1.46. The third kappa shape index (κ3) is 3.10. The molecule has 0 saturated carbocycles. The van der Waals surface area contributed by atoms with Crippen molar-refractivity contribution in [3.63, 3.8) is 0 Å². The Hall–Kier alpha value is -1.42. The van der Waals surface area contributed by atoms with Crippen LogP contribution < -0.4 is 0 Å². The molecule has 21 heavy (non-hydrogen) atoms. The van der Waals surface area contributed by atoms with Crippen molar-refractivity contribution in [3.8, 4) is 16.9 Å². The number of benzene rings is 2. The molecule has 112 valence electrons. The molecule has 0 fully saturated rings. The molecule has 0 heterocycles. The van der Waals surface area contributed by atoms with Crippen LogP contribution in [0.25, 0.3) is 11.1 Å². The van der Waals surface area contributed by atoms with E-state index in [0.717, 1.165) is 5.56 Å². The first-order valence-electron chi connectivity index (χ1n) is 6.62. The van der Waals surface area contributed by atoms with E-state index >= 15 is 0 Å². The van der Waals surface area contributed by atoms with Crippen molar-refractivity contribution < 1.29 is 13.9 Å². The summed E-state index contributed by atoms with van der Waals surface area (Å²) in [7, 11) is 0. The lowest BCUT2D eigenvalue weighted by molar-refractivity contribution is 0.470. The van der Waals surface area contributed by atoms with Gasteiger partial charge in [0.15, 0.2) is 0 Å². The van der Waals surface area contributed by atoms with Gasteiger partial charge in [0.1, 0.15) is 17.4 Å². The Balaban J connectivity index is 2.79. The van der Waals surface area contributed by atoms with E-state index in [2.05, 4.69) is 15.9 Å². The second-order valence-corrected chi connectivity index (χ2v) is 6.57. The smallest absolute Gasteiger partial charge is 0.134 e. The van der Waals surface area contributed by atoms with E-state index in [1.807, 2.05) is 26.8 Å². The lowest BCUT2D eigenvalue weighted by Crippen LogP contribution is -2.12. The van der Waals surface area contributed by atoms with E-state index in [-0.39, 0.29) is 22.3 Å². The van der Waals surface area contributed by atoms with Crippen LogP contribution in [-0.2, 0) is 10.7 Å². The van der Waals surface area contributed by atoms with Crippen LogP contribution in [0.15, 0.2) is 30.3 Å². The minimum absolute atomic E-state index is 0.0936. The van der Waals surface area contributed by atoms with Crippen molar-refractivity contribution in [2.75, 3.05) is 0 Å². The number of hydrogen-bond acceptors (Lipinski definition) is 1. The van der Waals surface area contributed by atoms with Gasteiger partial charge in [-0.15, -0.1) is 0 Å². The number of alkyl halides is 1. The zero-order valence-electron chi connectivity index (χ0n) is 12.2. The Labute approximate surface area is 131 Å². The van der Waals surface area contributed by atoms with Crippen molar-refractivity contribution in [2.24, 2.45) is 0 Å². The van der Waals surface area contributed by atoms with Crippen molar-refractivity contribution in [2.45, 2.75) is 31.5 Å². The van der Waals surface area contributed by atoms with Gasteiger partial charge in [0.25, 0.3) is 0 Å². The molecule has 0 bridgehead atoms. The summed E-state index contributed by atoms with van der Waals surface area (Å²) < 4.78 is 28.0. The van der Waals surface area contributed by atoms with E-state index in [0.29, 0.717) is 10.9 Å². The SMILES string of the molecule is CC(C)(C)c1cc(CBr)c(O)c(-c2c(F)cccc2F)c1. The van der Waals surface area contributed by atoms with Gasteiger partial charge in [0.2, 0.25) is 0 Å². The summed E-state index contributed by atoms with van der Waals surface area (Å²) in [6.45, 7) is 6.04. The topological polar surface area (TPSA) is 20.2 Å². The van der Waals surface area contributed by atoms with Gasteiger partial charge in [0.05, 0.1) is 5.56 Å². The molecule has 0 saturated heterocycles. The minimum atomic E-state index is -0.683. The first-order chi connectivity index (χ1) is 9.75. The molecule has 0 unspecified atom stereocenters. The van der Waals surface area contributed by atoms with Crippen LogP contribution in [0.2, 0.25) is 0 Å². The molecule has 1 nitrogen and oxygen atoms in total. The third-order valence-electron chi connectivity index (χ3n) is 3.43. The normalized spacial score (nSPS) is 11.7. The number of halogens is 3. The van der Waals surface area contributed by atoms with Crippen LogP contribution in [0, 0.1) is 11.6 Å². The predicted octanol–water partition coefficient (Wildman–Crippen LogP) is 5.53. The summed E-state index contributed by atoms with van der Waals surface area (Å²) in [6.07, 6.45) is 0. The zero-order chi connectivity index (χ0) is 15.8. The second-order valence-electron chi connectivity index (χ2n) is 6.01. The molecule has 0 atom stereocenters. The van der Waals surface area contributed by atoms with E-state index in [1.54, 1.807) is 6.07 Å². The number of rotatable bonds is 2. The van der Waals surface area contributed by atoms with Crippen molar-refractivity contribution in [1.82, 2.24) is 0 Å². The molecule has 2 aromatic carbocycles. The van der Waals surface area contributed by atoms with Gasteiger partial charge < -0.3 is 5.11 Å². The van der Waals surface area contributed by atoms with Crippen LogP contribution in [0.4, 0.5) is 8.78 Å². The Morgan fingerprint density at radius 1 is 1.10 bits per heavy atom. The molecule has 0 aromatic heterocycles. The average Bonchev–Trinajstić information content (AvgIpc) is 2.39. The van der Waals surface area contributed by atoms with E-state index in [4.69, 9.17) is 0 Å². The second kappa shape index (κ2) is 5.76. The van der Waals surface area contributed by atoms with Crippen LogP contribution >= 0.6 is 15.9 Å². The highest BCUT2D eigenvalue weighted by Crippen LogP contribution is 2.39. The number of hydrogen-bond donors (Lipinski definition) is 1. The predicted molar refractivity (Wildman–Crippen MR) is 84.8 cm³/mol. The average molecular weight is 355 g/mol. The Kier molecular flexibility index (Phi) is 4.38. The van der Waals surface area contributed by atoms with E-state index in [1.165, 1.54) is 18.2 Å². The highest BCUT2D eigenvalue weighted by Gasteiger charge is 2.22. The molecular weight excluding hydrogens is 338 g/mol. The molecule has 0 amide bonds. The van der Waals surface area contributed by atoms with E-state index < -0.39 is 11.6 Å². The fourth-order valence-corrected chi connectivity index (χ4v) is 2.60. The van der Waals surface area contributed by atoms with Gasteiger partial charge in [-0.3, -0.25) is 0 Å². The molecular formula is C17H17BrF2O. The van der Waals surface area contributed by atoms with Crippen LogP contribution in [0.5, 0.6) is 5.75 Å².